The summed E-state index contributed by atoms with van der Waals surface area (Å²) in [6, 6.07) is 1.89. The Labute approximate surface area is 212 Å². The zero-order valence-corrected chi connectivity index (χ0v) is 21.0. The van der Waals surface area contributed by atoms with E-state index in [-0.39, 0.29) is 12.5 Å². The van der Waals surface area contributed by atoms with Crippen molar-refractivity contribution < 1.29 is 18.9 Å². The van der Waals surface area contributed by atoms with Gasteiger partial charge >= 0.3 is 0 Å². The van der Waals surface area contributed by atoms with Gasteiger partial charge in [-0.15, -0.1) is 6.42 Å². The van der Waals surface area contributed by atoms with Crippen molar-refractivity contribution in [1.29, 1.82) is 0 Å². The van der Waals surface area contributed by atoms with Crippen LogP contribution in [0.3, 0.4) is 0 Å². The van der Waals surface area contributed by atoms with E-state index in [0.717, 1.165) is 67.7 Å². The summed E-state index contributed by atoms with van der Waals surface area (Å²) in [4.78, 5) is 18.9. The molecule has 9 heteroatoms. The van der Waals surface area contributed by atoms with E-state index in [4.69, 9.17) is 25.4 Å². The smallest absolute Gasteiger partial charge is 0.199 e. The van der Waals surface area contributed by atoms with Crippen LogP contribution in [-0.2, 0) is 18.9 Å². The highest BCUT2D eigenvalue weighted by Gasteiger charge is 2.44. The summed E-state index contributed by atoms with van der Waals surface area (Å²) >= 11 is 0. The number of ether oxygens (including phenoxy) is 4. The molecule has 190 valence electrons. The summed E-state index contributed by atoms with van der Waals surface area (Å²) in [6.45, 7) is 7.99. The van der Waals surface area contributed by atoms with E-state index in [0.29, 0.717) is 30.2 Å². The van der Waals surface area contributed by atoms with E-state index >= 15 is 0 Å². The maximum atomic E-state index is 6.13. The number of nitrogens with zero attached hydrogens (tertiary/aromatic N) is 4. The Balaban J connectivity index is 1.12. The number of fused-ring (bicyclic) bond motifs is 1. The Morgan fingerprint density at radius 3 is 3.03 bits per heavy atom. The lowest BCUT2D eigenvalue weighted by molar-refractivity contribution is -0.105. The topological polar surface area (TPSA) is 93.0 Å². The molecular formula is C27H33N5O4. The van der Waals surface area contributed by atoms with E-state index in [1.807, 2.05) is 19.1 Å². The first-order valence-electron chi connectivity index (χ1n) is 12.4. The van der Waals surface area contributed by atoms with Gasteiger partial charge in [0.15, 0.2) is 11.7 Å². The lowest BCUT2D eigenvalue weighted by Crippen LogP contribution is -2.44. The summed E-state index contributed by atoms with van der Waals surface area (Å²) in [5, 5.41) is 0. The maximum Gasteiger partial charge on any atom is 0.199 e. The normalized spacial score (nSPS) is 22.8. The average molecular weight is 492 g/mol. The van der Waals surface area contributed by atoms with E-state index in [9.17, 15) is 0 Å². The number of hydrogen-bond donors (Lipinski definition) is 1. The first kappa shape index (κ1) is 24.3. The number of allylic oxidation sites excluding steroid dienone is 2. The van der Waals surface area contributed by atoms with Crippen LogP contribution in [0.5, 0.6) is 0 Å². The number of hydrogen-bond acceptors (Lipinski definition) is 8. The number of aromatic nitrogens is 1. The SMILES string of the molecule is C#Cc1cc(C)[nH]c1N=CCOC1=NC=NC2=CC(OCCCN3CCC4(COC4)C3)=C(OC)CC21. The molecule has 1 spiro atoms. The third-order valence-corrected chi connectivity index (χ3v) is 7.06. The number of H-pyrrole nitrogens is 1. The van der Waals surface area contributed by atoms with Crippen LogP contribution in [0.1, 0.15) is 30.5 Å². The van der Waals surface area contributed by atoms with Crippen molar-refractivity contribution in [2.75, 3.05) is 53.2 Å². The molecule has 1 aromatic heterocycles. The third kappa shape index (κ3) is 5.25. The molecule has 1 aliphatic carbocycles. The van der Waals surface area contributed by atoms with Gasteiger partial charge in [0.05, 0.1) is 44.1 Å². The Bertz CT molecular complexity index is 1170. The molecule has 0 amide bonds. The highest BCUT2D eigenvalue weighted by Crippen LogP contribution is 2.37. The van der Waals surface area contributed by atoms with Gasteiger partial charge in [-0.05, 0) is 32.4 Å². The van der Waals surface area contributed by atoms with E-state index in [1.165, 1.54) is 12.8 Å². The summed E-state index contributed by atoms with van der Waals surface area (Å²) < 4.78 is 23.2. The quantitative estimate of drug-likeness (QED) is 0.325. The van der Waals surface area contributed by atoms with Crippen LogP contribution in [0.25, 0.3) is 0 Å². The highest BCUT2D eigenvalue weighted by molar-refractivity contribution is 5.92. The third-order valence-electron chi connectivity index (χ3n) is 7.06. The van der Waals surface area contributed by atoms with E-state index in [1.54, 1.807) is 13.3 Å². The molecule has 9 nitrogen and oxygen atoms in total. The largest absolute Gasteiger partial charge is 0.497 e. The Kier molecular flexibility index (Phi) is 7.25. The lowest BCUT2D eigenvalue weighted by atomic mass is 9.85. The maximum absolute atomic E-state index is 6.13. The zero-order valence-electron chi connectivity index (χ0n) is 21.0. The fourth-order valence-corrected chi connectivity index (χ4v) is 5.09. The number of methoxy groups -OCH3 is 1. The Morgan fingerprint density at radius 2 is 2.28 bits per heavy atom. The zero-order chi connectivity index (χ0) is 25.0. The molecule has 5 rings (SSSR count). The van der Waals surface area contributed by atoms with Crippen molar-refractivity contribution in [1.82, 2.24) is 9.88 Å². The molecule has 2 saturated heterocycles. The molecule has 0 saturated carbocycles. The van der Waals surface area contributed by atoms with Gasteiger partial charge in [-0.3, -0.25) is 0 Å². The van der Waals surface area contributed by atoms with Gasteiger partial charge in [0.1, 0.15) is 24.5 Å². The van der Waals surface area contributed by atoms with Crippen molar-refractivity contribution in [2.24, 2.45) is 26.3 Å². The van der Waals surface area contributed by atoms with Gasteiger partial charge in [0, 0.05) is 42.9 Å². The number of aryl methyl sites for hydroxylation is 1. The van der Waals surface area contributed by atoms with Crippen LogP contribution in [-0.4, -0.2) is 81.5 Å². The molecule has 1 atom stereocenters. The summed E-state index contributed by atoms with van der Waals surface area (Å²) in [5.74, 6) is 5.25. The molecule has 36 heavy (non-hydrogen) atoms. The van der Waals surface area contributed by atoms with Crippen molar-refractivity contribution in [3.05, 3.63) is 40.6 Å². The standard InChI is InChI=1S/C27H33N5O4/c1-4-20-12-19(2)31-25(20)28-7-11-36-26-21-13-23(33-3)24(14-22(21)29-18-30-26)35-10-5-8-32-9-6-27(15-32)16-34-17-27/h1,7,12,14,18,21,31H,5-6,8-11,13,15-17H2,2-3H3. The number of rotatable bonds is 9. The summed E-state index contributed by atoms with van der Waals surface area (Å²) in [5.41, 5.74) is 2.97. The Morgan fingerprint density at radius 1 is 1.39 bits per heavy atom. The second kappa shape index (κ2) is 10.7. The molecule has 3 aliphatic heterocycles. The van der Waals surface area contributed by atoms with Crippen molar-refractivity contribution in [3.63, 3.8) is 0 Å². The van der Waals surface area contributed by atoms with Gasteiger partial charge in [-0.1, -0.05) is 5.92 Å². The molecule has 1 N–H and O–H groups in total. The van der Waals surface area contributed by atoms with Crippen LogP contribution in [0.2, 0.25) is 0 Å². The molecule has 4 heterocycles. The fraction of sp³-hybridized carbons (Fsp3) is 0.519. The van der Waals surface area contributed by atoms with Crippen LogP contribution in [0, 0.1) is 30.6 Å². The number of terminal acetylenes is 1. The van der Waals surface area contributed by atoms with Crippen LogP contribution >= 0.6 is 0 Å². The van der Waals surface area contributed by atoms with E-state index in [2.05, 4.69) is 30.8 Å². The fourth-order valence-electron chi connectivity index (χ4n) is 5.09. The molecule has 0 radical (unpaired) electrons. The minimum absolute atomic E-state index is 0.120. The van der Waals surface area contributed by atoms with Gasteiger partial charge in [0.25, 0.3) is 0 Å². The van der Waals surface area contributed by atoms with Gasteiger partial charge in [-0.25, -0.2) is 15.0 Å². The number of nitrogens with one attached hydrogen (secondary N) is 1. The molecule has 1 unspecified atom stereocenters. The van der Waals surface area contributed by atoms with Crippen molar-refractivity contribution in [2.45, 2.75) is 26.2 Å². The predicted molar refractivity (Wildman–Crippen MR) is 139 cm³/mol. The molecule has 2 fully saturated rings. The van der Waals surface area contributed by atoms with Crippen LogP contribution in [0.4, 0.5) is 5.82 Å². The van der Waals surface area contributed by atoms with E-state index < -0.39 is 0 Å². The molecule has 0 bridgehead atoms. The monoisotopic (exact) mass is 491 g/mol. The van der Waals surface area contributed by atoms with Crippen molar-refractivity contribution >= 4 is 24.3 Å². The molecular weight excluding hydrogens is 458 g/mol. The van der Waals surface area contributed by atoms with Crippen molar-refractivity contribution in [3.8, 4) is 12.3 Å². The van der Waals surface area contributed by atoms with Gasteiger partial charge in [-0.2, -0.15) is 0 Å². The van der Waals surface area contributed by atoms with Gasteiger partial charge < -0.3 is 28.8 Å². The number of aliphatic imine (C=N–C) groups is 3. The first-order chi connectivity index (χ1) is 17.6. The summed E-state index contributed by atoms with van der Waals surface area (Å²) in [7, 11) is 1.67. The molecule has 4 aliphatic rings. The summed E-state index contributed by atoms with van der Waals surface area (Å²) in [6.07, 6.45) is 13.4. The Hall–Kier alpha value is -3.35. The second-order valence-electron chi connectivity index (χ2n) is 9.73. The molecule has 0 aromatic carbocycles. The molecule has 1 aromatic rings. The minimum atomic E-state index is -0.120. The van der Waals surface area contributed by atoms with Gasteiger partial charge in [0.2, 0.25) is 0 Å². The highest BCUT2D eigenvalue weighted by atomic mass is 16.5. The number of aromatic amines is 1. The second-order valence-corrected chi connectivity index (χ2v) is 9.73. The first-order valence-corrected chi connectivity index (χ1v) is 12.4. The average Bonchev–Trinajstić information content (AvgIpc) is 3.47. The minimum Gasteiger partial charge on any atom is -0.497 e. The predicted octanol–water partition coefficient (Wildman–Crippen LogP) is 3.35. The lowest BCUT2D eigenvalue weighted by Gasteiger charge is -2.37. The number of likely N-dealkylation sites (tertiary alicyclic amines) is 1. The van der Waals surface area contributed by atoms with Crippen LogP contribution < -0.4 is 0 Å². The van der Waals surface area contributed by atoms with Crippen LogP contribution in [0.15, 0.2) is 44.3 Å².